The van der Waals surface area contributed by atoms with Gasteiger partial charge in [-0.25, -0.2) is 0 Å². The number of ether oxygens (including phenoxy) is 1. The fraction of sp³-hybridized carbons (Fsp3) is 0.471. The predicted molar refractivity (Wildman–Crippen MR) is 82.8 cm³/mol. The molecule has 1 fully saturated rings. The highest BCUT2D eigenvalue weighted by molar-refractivity contribution is 5.97. The first-order chi connectivity index (χ1) is 9.98. The fourth-order valence-electron chi connectivity index (χ4n) is 2.29. The molecule has 1 aliphatic rings. The summed E-state index contributed by atoms with van der Waals surface area (Å²) in [5, 5.41) is 13.1. The van der Waals surface area contributed by atoms with Gasteiger partial charge in [0.1, 0.15) is 0 Å². The lowest BCUT2D eigenvalue weighted by molar-refractivity contribution is -0.120. The Hall–Kier alpha value is -1.65. The summed E-state index contributed by atoms with van der Waals surface area (Å²) in [6, 6.07) is 8.00. The fourth-order valence-corrected chi connectivity index (χ4v) is 2.29. The van der Waals surface area contributed by atoms with E-state index in [4.69, 9.17) is 4.74 Å². The van der Waals surface area contributed by atoms with Crippen LogP contribution >= 0.6 is 0 Å². The van der Waals surface area contributed by atoms with Gasteiger partial charge in [-0.3, -0.25) is 4.79 Å². The van der Waals surface area contributed by atoms with E-state index in [9.17, 15) is 9.90 Å². The van der Waals surface area contributed by atoms with Crippen LogP contribution in [0.1, 0.15) is 30.9 Å². The number of carbonyl (C=O) groups is 1. The standard InChI is InChI=1S/C17H23NO3/c1-13-3-5-15(6-4-13)11-14(2)16(19)18-12-17(20)7-9-21-10-8-17/h3-6,11,20H,7-10,12H2,1-2H3,(H,18,19)/b14-11-. The summed E-state index contributed by atoms with van der Waals surface area (Å²) in [5.41, 5.74) is 1.99. The number of nitrogens with one attached hydrogen (secondary N) is 1. The van der Waals surface area contributed by atoms with Crippen molar-refractivity contribution >= 4 is 12.0 Å². The summed E-state index contributed by atoms with van der Waals surface area (Å²) < 4.78 is 5.22. The summed E-state index contributed by atoms with van der Waals surface area (Å²) in [6.45, 7) is 5.17. The molecule has 0 aromatic heterocycles. The zero-order chi connectivity index (χ0) is 15.3. The van der Waals surface area contributed by atoms with Gasteiger partial charge in [0.15, 0.2) is 0 Å². The Morgan fingerprint density at radius 1 is 1.33 bits per heavy atom. The van der Waals surface area contributed by atoms with Gasteiger partial charge in [-0.1, -0.05) is 29.8 Å². The molecular formula is C17H23NO3. The second-order valence-electron chi connectivity index (χ2n) is 5.76. The maximum absolute atomic E-state index is 12.1. The van der Waals surface area contributed by atoms with Crippen LogP contribution in [-0.4, -0.2) is 36.4 Å². The minimum absolute atomic E-state index is 0.143. The van der Waals surface area contributed by atoms with Gasteiger partial charge < -0.3 is 15.2 Å². The molecule has 2 rings (SSSR count). The third-order valence-electron chi connectivity index (χ3n) is 3.82. The van der Waals surface area contributed by atoms with Gasteiger partial charge in [0.25, 0.3) is 0 Å². The molecule has 4 heteroatoms. The van der Waals surface area contributed by atoms with Crippen LogP contribution in [0.4, 0.5) is 0 Å². The summed E-state index contributed by atoms with van der Waals surface area (Å²) in [6.07, 6.45) is 2.98. The maximum Gasteiger partial charge on any atom is 0.247 e. The second-order valence-corrected chi connectivity index (χ2v) is 5.76. The molecule has 0 unspecified atom stereocenters. The maximum atomic E-state index is 12.1. The van der Waals surface area contributed by atoms with Crippen molar-refractivity contribution in [3.63, 3.8) is 0 Å². The van der Waals surface area contributed by atoms with Crippen molar-refractivity contribution in [2.24, 2.45) is 0 Å². The first-order valence-electron chi connectivity index (χ1n) is 7.32. The summed E-state index contributed by atoms with van der Waals surface area (Å²) >= 11 is 0. The van der Waals surface area contributed by atoms with Gasteiger partial charge in [-0.05, 0) is 25.5 Å². The van der Waals surface area contributed by atoms with Crippen molar-refractivity contribution in [3.8, 4) is 0 Å². The molecule has 1 heterocycles. The SMILES string of the molecule is C/C(=C/c1ccc(C)cc1)C(=O)NCC1(O)CCOCC1. The van der Waals surface area contributed by atoms with E-state index in [1.54, 1.807) is 6.92 Å². The molecule has 2 N–H and O–H groups in total. The molecule has 21 heavy (non-hydrogen) atoms. The molecule has 1 aromatic carbocycles. The molecule has 0 saturated carbocycles. The molecule has 1 aromatic rings. The van der Waals surface area contributed by atoms with Crippen LogP contribution in [0.5, 0.6) is 0 Å². The van der Waals surface area contributed by atoms with Crippen LogP contribution in [0.3, 0.4) is 0 Å². The Bertz CT molecular complexity index is 513. The third kappa shape index (κ3) is 4.69. The van der Waals surface area contributed by atoms with E-state index in [2.05, 4.69) is 5.32 Å². The minimum atomic E-state index is -0.835. The van der Waals surface area contributed by atoms with Crippen LogP contribution in [-0.2, 0) is 9.53 Å². The van der Waals surface area contributed by atoms with Crippen LogP contribution in [0.2, 0.25) is 0 Å². The molecule has 4 nitrogen and oxygen atoms in total. The Morgan fingerprint density at radius 2 is 1.95 bits per heavy atom. The molecule has 0 bridgehead atoms. The summed E-state index contributed by atoms with van der Waals surface area (Å²) in [7, 11) is 0. The number of hydrogen-bond acceptors (Lipinski definition) is 3. The lowest BCUT2D eigenvalue weighted by atomic mass is 9.94. The Kier molecular flexibility index (Phi) is 5.15. The monoisotopic (exact) mass is 289 g/mol. The first kappa shape index (κ1) is 15.7. The Balaban J connectivity index is 1.91. The van der Waals surface area contributed by atoms with E-state index in [-0.39, 0.29) is 12.5 Å². The topological polar surface area (TPSA) is 58.6 Å². The predicted octanol–water partition coefficient (Wildman–Crippen LogP) is 2.06. The average Bonchev–Trinajstić information content (AvgIpc) is 2.48. The van der Waals surface area contributed by atoms with Crippen LogP contribution in [0, 0.1) is 6.92 Å². The Labute approximate surface area is 125 Å². The van der Waals surface area contributed by atoms with Crippen LogP contribution in [0.15, 0.2) is 29.8 Å². The van der Waals surface area contributed by atoms with Crippen LogP contribution in [0.25, 0.3) is 6.08 Å². The molecule has 1 amide bonds. The zero-order valence-electron chi connectivity index (χ0n) is 12.7. The van der Waals surface area contributed by atoms with E-state index in [1.807, 2.05) is 37.3 Å². The van der Waals surface area contributed by atoms with Gasteiger partial charge in [0.05, 0.1) is 5.60 Å². The number of aliphatic hydroxyl groups is 1. The van der Waals surface area contributed by atoms with Crippen molar-refractivity contribution in [1.29, 1.82) is 0 Å². The minimum Gasteiger partial charge on any atom is -0.388 e. The number of aryl methyl sites for hydroxylation is 1. The molecule has 0 radical (unpaired) electrons. The molecule has 1 aliphatic heterocycles. The van der Waals surface area contributed by atoms with Gasteiger partial charge in [0.2, 0.25) is 5.91 Å². The molecule has 0 aliphatic carbocycles. The number of hydrogen-bond donors (Lipinski definition) is 2. The van der Waals surface area contributed by atoms with Gasteiger partial charge in [-0.2, -0.15) is 0 Å². The molecule has 0 spiro atoms. The van der Waals surface area contributed by atoms with Crippen molar-refractivity contribution in [3.05, 3.63) is 41.0 Å². The van der Waals surface area contributed by atoms with Crippen molar-refractivity contribution in [1.82, 2.24) is 5.32 Å². The molecule has 1 saturated heterocycles. The highest BCUT2D eigenvalue weighted by Crippen LogP contribution is 2.19. The average molecular weight is 289 g/mol. The molecular weight excluding hydrogens is 266 g/mol. The van der Waals surface area contributed by atoms with Crippen LogP contribution < -0.4 is 5.32 Å². The lowest BCUT2D eigenvalue weighted by Crippen LogP contribution is -2.46. The van der Waals surface area contributed by atoms with E-state index in [1.165, 1.54) is 5.56 Å². The van der Waals surface area contributed by atoms with Gasteiger partial charge in [-0.15, -0.1) is 0 Å². The zero-order valence-corrected chi connectivity index (χ0v) is 12.7. The molecule has 114 valence electrons. The first-order valence-corrected chi connectivity index (χ1v) is 7.32. The second kappa shape index (κ2) is 6.87. The Morgan fingerprint density at radius 3 is 2.57 bits per heavy atom. The smallest absolute Gasteiger partial charge is 0.247 e. The van der Waals surface area contributed by atoms with Crippen molar-refractivity contribution in [2.45, 2.75) is 32.3 Å². The van der Waals surface area contributed by atoms with E-state index in [0.717, 1.165) is 5.56 Å². The highest BCUT2D eigenvalue weighted by Gasteiger charge is 2.30. The summed E-state index contributed by atoms with van der Waals surface area (Å²) in [5.74, 6) is -0.143. The number of amides is 1. The molecule has 0 atom stereocenters. The van der Waals surface area contributed by atoms with E-state index >= 15 is 0 Å². The normalized spacial score (nSPS) is 18.3. The van der Waals surface area contributed by atoms with Crippen molar-refractivity contribution < 1.29 is 14.6 Å². The van der Waals surface area contributed by atoms with E-state index < -0.39 is 5.60 Å². The van der Waals surface area contributed by atoms with Gasteiger partial charge in [0, 0.05) is 38.2 Å². The lowest BCUT2D eigenvalue weighted by Gasteiger charge is -2.32. The van der Waals surface area contributed by atoms with Gasteiger partial charge >= 0.3 is 0 Å². The van der Waals surface area contributed by atoms with Crippen molar-refractivity contribution in [2.75, 3.05) is 19.8 Å². The van der Waals surface area contributed by atoms with E-state index in [0.29, 0.717) is 31.6 Å². The quantitative estimate of drug-likeness (QED) is 0.834. The number of carbonyl (C=O) groups excluding carboxylic acids is 1. The summed E-state index contributed by atoms with van der Waals surface area (Å²) in [4.78, 5) is 12.1. The third-order valence-corrected chi connectivity index (χ3v) is 3.82. The number of rotatable bonds is 4. The highest BCUT2D eigenvalue weighted by atomic mass is 16.5. The largest absolute Gasteiger partial charge is 0.388 e. The number of benzene rings is 1.